The van der Waals surface area contributed by atoms with Crippen molar-refractivity contribution in [1.82, 2.24) is 9.97 Å². The molecule has 1 N–H and O–H groups in total. The van der Waals surface area contributed by atoms with E-state index in [2.05, 4.69) is 29.1 Å². The van der Waals surface area contributed by atoms with Gasteiger partial charge in [-0.1, -0.05) is 78.1 Å². The molecule has 1 aromatic heterocycles. The van der Waals surface area contributed by atoms with E-state index in [1.807, 2.05) is 19.4 Å². The van der Waals surface area contributed by atoms with Crippen molar-refractivity contribution in [3.63, 3.8) is 0 Å². The van der Waals surface area contributed by atoms with Gasteiger partial charge in [0.1, 0.15) is 21.6 Å². The van der Waals surface area contributed by atoms with Crippen molar-refractivity contribution in [1.29, 1.82) is 0 Å². The molecule has 7 heteroatoms. The summed E-state index contributed by atoms with van der Waals surface area (Å²) >= 11 is 4.86. The van der Waals surface area contributed by atoms with Gasteiger partial charge in [-0.3, -0.25) is 4.79 Å². The van der Waals surface area contributed by atoms with Crippen LogP contribution in [0.5, 0.6) is 0 Å². The fourth-order valence-corrected chi connectivity index (χ4v) is 5.60. The summed E-state index contributed by atoms with van der Waals surface area (Å²) < 4.78 is 0. The van der Waals surface area contributed by atoms with Gasteiger partial charge in [-0.25, -0.2) is 9.97 Å². The Morgan fingerprint density at radius 3 is 1.83 bits per heavy atom. The van der Waals surface area contributed by atoms with Crippen molar-refractivity contribution in [2.24, 2.45) is 0 Å². The van der Waals surface area contributed by atoms with Crippen molar-refractivity contribution in [2.75, 3.05) is 23.6 Å². The number of anilines is 1. The molecular formula is C23H41N3OS3. The van der Waals surface area contributed by atoms with Gasteiger partial charge in [0.25, 0.3) is 0 Å². The van der Waals surface area contributed by atoms with E-state index in [4.69, 9.17) is 0 Å². The lowest BCUT2D eigenvalue weighted by molar-refractivity contribution is -0.115. The van der Waals surface area contributed by atoms with Crippen LogP contribution in [0, 0.1) is 6.92 Å². The van der Waals surface area contributed by atoms with E-state index < -0.39 is 0 Å². The Labute approximate surface area is 197 Å². The van der Waals surface area contributed by atoms with E-state index in [-0.39, 0.29) is 11.2 Å². The highest BCUT2D eigenvalue weighted by Crippen LogP contribution is 2.32. The molecule has 1 atom stereocenters. The molecule has 0 aliphatic heterocycles. The third kappa shape index (κ3) is 10.8. The maximum Gasteiger partial charge on any atom is 0.237 e. The molecule has 0 aliphatic rings. The molecule has 1 heterocycles. The summed E-state index contributed by atoms with van der Waals surface area (Å²) in [4.78, 5) is 22.0. The number of nitrogens with zero attached hydrogens (tertiary/aromatic N) is 2. The Hall–Kier alpha value is -0.400. The summed E-state index contributed by atoms with van der Waals surface area (Å²) in [6.45, 7) is 6.29. The van der Waals surface area contributed by atoms with Crippen LogP contribution in [-0.4, -0.2) is 39.4 Å². The molecule has 1 aromatic rings. The first-order valence-corrected chi connectivity index (χ1v) is 15.0. The second-order valence-corrected chi connectivity index (χ2v) is 10.6. The van der Waals surface area contributed by atoms with Gasteiger partial charge in [0.05, 0.1) is 5.25 Å². The third-order valence-corrected chi connectivity index (χ3v) is 7.62. The maximum atomic E-state index is 13.0. The summed E-state index contributed by atoms with van der Waals surface area (Å²) in [5, 5.41) is 4.84. The fraction of sp³-hybridized carbons (Fsp3) is 0.783. The van der Waals surface area contributed by atoms with Gasteiger partial charge >= 0.3 is 0 Å². The molecule has 0 aromatic carbocycles. The van der Waals surface area contributed by atoms with E-state index in [1.54, 1.807) is 35.3 Å². The normalized spacial score (nSPS) is 12.2. The zero-order valence-electron chi connectivity index (χ0n) is 19.6. The molecule has 0 saturated heterocycles. The van der Waals surface area contributed by atoms with Crippen LogP contribution in [0.25, 0.3) is 0 Å². The highest BCUT2D eigenvalue weighted by atomic mass is 32.2. The summed E-state index contributed by atoms with van der Waals surface area (Å²) in [6.07, 6.45) is 18.1. The number of hydrogen-bond acceptors (Lipinski definition) is 6. The van der Waals surface area contributed by atoms with E-state index in [0.717, 1.165) is 40.2 Å². The number of aromatic nitrogens is 2. The van der Waals surface area contributed by atoms with Crippen LogP contribution in [-0.2, 0) is 4.79 Å². The number of nitrogens with one attached hydrogen (secondary N) is 1. The molecule has 0 spiro atoms. The lowest BCUT2D eigenvalue weighted by atomic mass is 10.1. The number of rotatable bonds is 17. The average molecular weight is 472 g/mol. The zero-order valence-corrected chi connectivity index (χ0v) is 22.0. The predicted molar refractivity (Wildman–Crippen MR) is 137 cm³/mol. The van der Waals surface area contributed by atoms with E-state index in [0.29, 0.717) is 0 Å². The lowest BCUT2D eigenvalue weighted by Gasteiger charge is -2.18. The number of aryl methyl sites for hydroxylation is 1. The summed E-state index contributed by atoms with van der Waals surface area (Å²) in [7, 11) is 0. The second kappa shape index (κ2) is 17.2. The van der Waals surface area contributed by atoms with Crippen LogP contribution in [0.3, 0.4) is 0 Å². The molecule has 1 unspecified atom stereocenters. The Bertz CT molecular complexity index is 588. The van der Waals surface area contributed by atoms with E-state index >= 15 is 0 Å². The van der Waals surface area contributed by atoms with Gasteiger partial charge in [-0.05, 0) is 31.6 Å². The maximum absolute atomic E-state index is 13.0. The largest absolute Gasteiger partial charge is 0.321 e. The first kappa shape index (κ1) is 27.6. The van der Waals surface area contributed by atoms with Gasteiger partial charge in [-0.15, -0.1) is 35.3 Å². The van der Waals surface area contributed by atoms with E-state index in [1.165, 1.54) is 57.8 Å². The highest BCUT2D eigenvalue weighted by molar-refractivity contribution is 8.00. The molecule has 0 aliphatic carbocycles. The number of amides is 1. The smallest absolute Gasteiger partial charge is 0.237 e. The number of unbranched alkanes of at least 4 members (excludes halogenated alkanes) is 9. The van der Waals surface area contributed by atoms with Crippen LogP contribution >= 0.6 is 35.3 Å². The molecule has 0 bridgehead atoms. The number of carbonyl (C=O) groups excluding carboxylic acids is 1. The zero-order chi connectivity index (χ0) is 22.2. The van der Waals surface area contributed by atoms with Crippen molar-refractivity contribution >= 4 is 46.9 Å². The molecule has 0 saturated carbocycles. The minimum Gasteiger partial charge on any atom is -0.321 e. The minimum absolute atomic E-state index is 0.00485. The van der Waals surface area contributed by atoms with Gasteiger partial charge in [0.2, 0.25) is 5.91 Å². The molecule has 4 nitrogen and oxygen atoms in total. The highest BCUT2D eigenvalue weighted by Gasteiger charge is 2.22. The molecule has 30 heavy (non-hydrogen) atoms. The first-order valence-electron chi connectivity index (χ1n) is 11.5. The second-order valence-electron chi connectivity index (χ2n) is 7.57. The third-order valence-electron chi connectivity index (χ3n) is 5.07. The van der Waals surface area contributed by atoms with Gasteiger partial charge in [0.15, 0.2) is 0 Å². The average Bonchev–Trinajstić information content (AvgIpc) is 2.74. The van der Waals surface area contributed by atoms with Gasteiger partial charge < -0.3 is 5.32 Å². The van der Waals surface area contributed by atoms with Crippen LogP contribution in [0.15, 0.2) is 10.1 Å². The molecule has 1 rings (SSSR count). The number of hydrogen-bond donors (Lipinski definition) is 1. The lowest BCUT2D eigenvalue weighted by Crippen LogP contribution is -2.26. The standard InChI is InChI=1S/C23H41N3OS3/c1-6-8-9-10-11-12-13-14-15-16-17-19(30-7-2)21(27)26-20-22(28-4)24-18(3)25-23(20)29-5/h19H,6-17H2,1-5H3,(H,26,27). The molecule has 0 radical (unpaired) electrons. The summed E-state index contributed by atoms with van der Waals surface area (Å²) in [5.74, 6) is 1.78. The van der Waals surface area contributed by atoms with Crippen LogP contribution in [0.1, 0.15) is 90.3 Å². The molecular weight excluding hydrogens is 430 g/mol. The van der Waals surface area contributed by atoms with Crippen LogP contribution in [0.4, 0.5) is 5.69 Å². The number of carbonyl (C=O) groups is 1. The first-order chi connectivity index (χ1) is 14.6. The Morgan fingerprint density at radius 2 is 1.37 bits per heavy atom. The topological polar surface area (TPSA) is 54.9 Å². The fourth-order valence-electron chi connectivity index (χ4n) is 3.44. The van der Waals surface area contributed by atoms with Crippen molar-refractivity contribution < 1.29 is 4.79 Å². The summed E-state index contributed by atoms with van der Waals surface area (Å²) in [5.41, 5.74) is 0.773. The van der Waals surface area contributed by atoms with Crippen LogP contribution < -0.4 is 5.32 Å². The summed E-state index contributed by atoms with van der Waals surface area (Å²) in [6, 6.07) is 0. The SMILES string of the molecule is CCCCCCCCCCCCC(SCC)C(=O)Nc1c(SC)nc(C)nc1SC. The Balaban J connectivity index is 2.46. The van der Waals surface area contributed by atoms with Crippen LogP contribution in [0.2, 0.25) is 0 Å². The van der Waals surface area contributed by atoms with Gasteiger partial charge in [0, 0.05) is 0 Å². The van der Waals surface area contributed by atoms with Crippen molar-refractivity contribution in [3.05, 3.63) is 5.82 Å². The monoisotopic (exact) mass is 471 g/mol. The predicted octanol–water partition coefficient (Wildman–Crippen LogP) is 7.60. The quantitative estimate of drug-likeness (QED) is 0.143. The van der Waals surface area contributed by atoms with Crippen molar-refractivity contribution in [3.8, 4) is 0 Å². The number of thioether (sulfide) groups is 3. The van der Waals surface area contributed by atoms with E-state index in [9.17, 15) is 4.79 Å². The molecule has 172 valence electrons. The van der Waals surface area contributed by atoms with Gasteiger partial charge in [-0.2, -0.15) is 0 Å². The minimum atomic E-state index is -0.00485. The Morgan fingerprint density at radius 1 is 0.867 bits per heavy atom. The Kier molecular flexibility index (Phi) is 15.8. The molecule has 1 amide bonds. The van der Waals surface area contributed by atoms with Crippen molar-refractivity contribution in [2.45, 2.75) is 107 Å². The molecule has 0 fully saturated rings.